The molecule has 0 aromatic rings. The first-order chi connectivity index (χ1) is 6.33. The smallest absolute Gasteiger partial charge is 0.0735 e. The zero-order chi connectivity index (χ0) is 11.2. The first-order valence-electron chi connectivity index (χ1n) is 5.40. The van der Waals surface area contributed by atoms with E-state index in [2.05, 4.69) is 26.7 Å². The van der Waals surface area contributed by atoms with Crippen molar-refractivity contribution in [1.82, 2.24) is 0 Å². The molecule has 82 valence electrons. The lowest BCUT2D eigenvalue weighted by atomic mass is 9.87. The van der Waals surface area contributed by atoms with Crippen LogP contribution in [0.15, 0.2) is 0 Å². The molecule has 14 heavy (non-hydrogen) atoms. The molecule has 0 rings (SSSR count). The average molecular weight is 196 g/mol. The van der Waals surface area contributed by atoms with Gasteiger partial charge in [0.15, 0.2) is 0 Å². The highest BCUT2D eigenvalue weighted by molar-refractivity contribution is 4.91. The van der Waals surface area contributed by atoms with Crippen LogP contribution in [0.3, 0.4) is 0 Å². The van der Waals surface area contributed by atoms with Crippen LogP contribution in [0.4, 0.5) is 0 Å². The summed E-state index contributed by atoms with van der Waals surface area (Å²) in [6.07, 6.45) is 8.23. The summed E-state index contributed by atoms with van der Waals surface area (Å²) in [5, 5.41) is 0. The van der Waals surface area contributed by atoms with E-state index < -0.39 is 0 Å². The number of hydrogen-bond donors (Lipinski definition) is 0. The fraction of sp³-hybridized carbons (Fsp3) is 0.846. The van der Waals surface area contributed by atoms with Crippen molar-refractivity contribution in [1.29, 1.82) is 0 Å². The summed E-state index contributed by atoms with van der Waals surface area (Å²) in [6, 6.07) is 0. The highest BCUT2D eigenvalue weighted by Gasteiger charge is 2.20. The highest BCUT2D eigenvalue weighted by atomic mass is 16.5. The quantitative estimate of drug-likeness (QED) is 0.589. The van der Waals surface area contributed by atoms with Gasteiger partial charge in [0.1, 0.15) is 0 Å². The summed E-state index contributed by atoms with van der Waals surface area (Å²) in [5.41, 5.74) is 0.213. The molecule has 0 heterocycles. The van der Waals surface area contributed by atoms with Crippen molar-refractivity contribution in [3.63, 3.8) is 0 Å². The van der Waals surface area contributed by atoms with Gasteiger partial charge in [-0.2, -0.15) is 0 Å². The van der Waals surface area contributed by atoms with Gasteiger partial charge in [-0.1, -0.05) is 27.2 Å². The van der Waals surface area contributed by atoms with Crippen molar-refractivity contribution in [2.45, 2.75) is 59.5 Å². The predicted octanol–water partition coefficient (Wildman–Crippen LogP) is 3.63. The average Bonchev–Trinajstić information content (AvgIpc) is 2.03. The number of rotatable bonds is 6. The Kier molecular flexibility index (Phi) is 5.23. The predicted molar refractivity (Wildman–Crippen MR) is 62.2 cm³/mol. The molecule has 0 aliphatic carbocycles. The van der Waals surface area contributed by atoms with E-state index in [9.17, 15) is 0 Å². The molecule has 0 unspecified atom stereocenters. The van der Waals surface area contributed by atoms with Crippen molar-refractivity contribution in [3.05, 3.63) is 0 Å². The second-order valence-corrected chi connectivity index (χ2v) is 5.26. The Morgan fingerprint density at radius 1 is 1.21 bits per heavy atom. The number of hydrogen-bond acceptors (Lipinski definition) is 1. The molecule has 0 saturated heterocycles. The lowest BCUT2D eigenvalue weighted by Crippen LogP contribution is -2.26. The van der Waals surface area contributed by atoms with E-state index in [0.29, 0.717) is 11.8 Å². The summed E-state index contributed by atoms with van der Waals surface area (Å²) in [7, 11) is 0. The third kappa shape index (κ3) is 6.05. The Morgan fingerprint density at radius 2 is 1.79 bits per heavy atom. The molecule has 0 bridgehead atoms. The summed E-state index contributed by atoms with van der Waals surface area (Å²) < 4.78 is 5.77. The molecule has 0 spiro atoms. The lowest BCUT2D eigenvalue weighted by Gasteiger charge is -2.27. The minimum absolute atomic E-state index is 0.168. The maximum Gasteiger partial charge on any atom is 0.0735 e. The number of ether oxygens (including phenoxy) is 1. The van der Waals surface area contributed by atoms with E-state index in [0.717, 1.165) is 13.0 Å². The molecule has 0 fully saturated rings. The van der Waals surface area contributed by atoms with E-state index in [1.807, 2.05) is 13.8 Å². The van der Waals surface area contributed by atoms with Crippen LogP contribution in [-0.4, -0.2) is 12.2 Å². The third-order valence-electron chi connectivity index (χ3n) is 2.76. The SMILES string of the molecule is C#CCC(C)(C)OCCC(C)(C)CC. The summed E-state index contributed by atoms with van der Waals surface area (Å²) in [6.45, 7) is 11.6. The normalized spacial score (nSPS) is 12.6. The molecule has 1 heteroatoms. The Hall–Kier alpha value is -0.480. The van der Waals surface area contributed by atoms with Crippen LogP contribution in [0.25, 0.3) is 0 Å². The topological polar surface area (TPSA) is 9.23 Å². The van der Waals surface area contributed by atoms with Crippen molar-refractivity contribution in [2.75, 3.05) is 6.61 Å². The summed E-state index contributed by atoms with van der Waals surface area (Å²) in [5.74, 6) is 2.64. The molecule has 0 radical (unpaired) electrons. The third-order valence-corrected chi connectivity index (χ3v) is 2.76. The van der Waals surface area contributed by atoms with Crippen LogP contribution in [0, 0.1) is 17.8 Å². The van der Waals surface area contributed by atoms with Gasteiger partial charge in [0.25, 0.3) is 0 Å². The second kappa shape index (κ2) is 5.41. The maximum atomic E-state index is 5.77. The zero-order valence-electron chi connectivity index (χ0n) is 10.3. The minimum atomic E-state index is -0.168. The molecular formula is C13H24O. The van der Waals surface area contributed by atoms with Crippen LogP contribution in [0.5, 0.6) is 0 Å². The summed E-state index contributed by atoms with van der Waals surface area (Å²) in [4.78, 5) is 0. The monoisotopic (exact) mass is 196 g/mol. The van der Waals surface area contributed by atoms with Gasteiger partial charge in [-0.15, -0.1) is 12.3 Å². The molecule has 0 aliphatic heterocycles. The Bertz CT molecular complexity index is 196. The molecule has 0 aromatic carbocycles. The van der Waals surface area contributed by atoms with Gasteiger partial charge in [-0.25, -0.2) is 0 Å². The van der Waals surface area contributed by atoms with E-state index in [4.69, 9.17) is 11.2 Å². The van der Waals surface area contributed by atoms with Crippen LogP contribution >= 0.6 is 0 Å². The molecule has 1 nitrogen and oxygen atoms in total. The highest BCUT2D eigenvalue weighted by Crippen LogP contribution is 2.25. The second-order valence-electron chi connectivity index (χ2n) is 5.26. The van der Waals surface area contributed by atoms with E-state index >= 15 is 0 Å². The van der Waals surface area contributed by atoms with Crippen LogP contribution < -0.4 is 0 Å². The molecular weight excluding hydrogens is 172 g/mol. The summed E-state index contributed by atoms with van der Waals surface area (Å²) >= 11 is 0. The van der Waals surface area contributed by atoms with Crippen molar-refractivity contribution in [3.8, 4) is 12.3 Å². The lowest BCUT2D eigenvalue weighted by molar-refractivity contribution is -0.0254. The molecule has 0 saturated carbocycles. The van der Waals surface area contributed by atoms with Gasteiger partial charge < -0.3 is 4.74 Å². The van der Waals surface area contributed by atoms with E-state index in [1.165, 1.54) is 6.42 Å². The fourth-order valence-corrected chi connectivity index (χ4v) is 1.08. The zero-order valence-corrected chi connectivity index (χ0v) is 10.3. The molecule has 0 N–H and O–H groups in total. The van der Waals surface area contributed by atoms with Crippen molar-refractivity contribution in [2.24, 2.45) is 5.41 Å². The van der Waals surface area contributed by atoms with Gasteiger partial charge in [-0.3, -0.25) is 0 Å². The van der Waals surface area contributed by atoms with E-state index in [1.54, 1.807) is 0 Å². The maximum absolute atomic E-state index is 5.77. The Balaban J connectivity index is 3.80. The van der Waals surface area contributed by atoms with Crippen LogP contribution in [0.2, 0.25) is 0 Å². The number of terminal acetylenes is 1. The van der Waals surface area contributed by atoms with Gasteiger partial charge in [0.2, 0.25) is 0 Å². The van der Waals surface area contributed by atoms with Gasteiger partial charge in [-0.05, 0) is 25.7 Å². The standard InChI is InChI=1S/C13H24O/c1-7-9-13(5,6)14-11-10-12(3,4)8-2/h1H,8-11H2,2-6H3. The molecule has 0 amide bonds. The van der Waals surface area contributed by atoms with Gasteiger partial charge >= 0.3 is 0 Å². The van der Waals surface area contributed by atoms with E-state index in [-0.39, 0.29) is 5.60 Å². The Labute approximate surface area is 89.2 Å². The van der Waals surface area contributed by atoms with Gasteiger partial charge in [0, 0.05) is 13.0 Å². The molecule has 0 aliphatic rings. The Morgan fingerprint density at radius 3 is 2.21 bits per heavy atom. The fourth-order valence-electron chi connectivity index (χ4n) is 1.08. The molecule has 0 atom stereocenters. The largest absolute Gasteiger partial charge is 0.375 e. The van der Waals surface area contributed by atoms with Crippen LogP contribution in [-0.2, 0) is 4.74 Å². The first-order valence-corrected chi connectivity index (χ1v) is 5.40. The first kappa shape index (κ1) is 13.5. The minimum Gasteiger partial charge on any atom is -0.375 e. The molecule has 0 aromatic heterocycles. The van der Waals surface area contributed by atoms with Crippen molar-refractivity contribution < 1.29 is 4.74 Å². The van der Waals surface area contributed by atoms with Crippen LogP contribution in [0.1, 0.15) is 53.9 Å². The van der Waals surface area contributed by atoms with Crippen molar-refractivity contribution >= 4 is 0 Å². The van der Waals surface area contributed by atoms with Gasteiger partial charge in [0.05, 0.1) is 5.60 Å².